The third-order valence-corrected chi connectivity index (χ3v) is 3.65. The molecule has 2 aromatic heterocycles. The van der Waals surface area contributed by atoms with Gasteiger partial charge < -0.3 is 5.73 Å². The van der Waals surface area contributed by atoms with Crippen molar-refractivity contribution in [2.75, 3.05) is 0 Å². The van der Waals surface area contributed by atoms with Crippen molar-refractivity contribution >= 4 is 11.6 Å². The van der Waals surface area contributed by atoms with Crippen molar-refractivity contribution in [3.8, 4) is 0 Å². The van der Waals surface area contributed by atoms with Crippen molar-refractivity contribution < 1.29 is 4.79 Å². The van der Waals surface area contributed by atoms with E-state index in [-0.39, 0.29) is 17.2 Å². The number of nitrogens with zero attached hydrogens (tertiary/aromatic N) is 2. The van der Waals surface area contributed by atoms with E-state index in [2.05, 4.69) is 29.1 Å². The van der Waals surface area contributed by atoms with Crippen molar-refractivity contribution in [2.24, 2.45) is 5.73 Å². The molecule has 1 unspecified atom stereocenters. The van der Waals surface area contributed by atoms with Crippen molar-refractivity contribution in [3.63, 3.8) is 0 Å². The average Bonchev–Trinajstić information content (AvgIpc) is 2.93. The number of H-pyrrole nitrogens is 1. The van der Waals surface area contributed by atoms with Gasteiger partial charge in [0.15, 0.2) is 5.65 Å². The summed E-state index contributed by atoms with van der Waals surface area (Å²) in [6, 6.07) is 13.0. The molecular weight excluding hydrogens is 280 g/mol. The summed E-state index contributed by atoms with van der Waals surface area (Å²) in [5.41, 5.74) is 7.40. The Balaban J connectivity index is 1.95. The van der Waals surface area contributed by atoms with Gasteiger partial charge >= 0.3 is 0 Å². The molecule has 2 heterocycles. The highest BCUT2D eigenvalue weighted by Gasteiger charge is 2.12. The first-order valence-corrected chi connectivity index (χ1v) is 7.01. The molecular formula is C16H16N4O2. The second kappa shape index (κ2) is 5.48. The summed E-state index contributed by atoms with van der Waals surface area (Å²) < 4.78 is 1.22. The van der Waals surface area contributed by atoms with Crippen LogP contribution in [-0.2, 0) is 6.42 Å². The van der Waals surface area contributed by atoms with Crippen LogP contribution >= 0.6 is 0 Å². The number of nitrogens with one attached hydrogen (secondary N) is 1. The van der Waals surface area contributed by atoms with E-state index in [1.165, 1.54) is 22.2 Å². The SMILES string of the molecule is CC(Cc1cc(=O)n2[nH]c(C(N)=O)cc2n1)c1ccccc1. The molecule has 0 saturated carbocycles. The molecule has 0 bridgehead atoms. The molecule has 0 fully saturated rings. The lowest BCUT2D eigenvalue weighted by Crippen LogP contribution is -2.18. The van der Waals surface area contributed by atoms with Gasteiger partial charge in [0, 0.05) is 17.8 Å². The normalized spacial score (nSPS) is 12.4. The predicted octanol–water partition coefficient (Wildman–Crippen LogP) is 1.47. The summed E-state index contributed by atoms with van der Waals surface area (Å²) in [6.45, 7) is 2.09. The van der Waals surface area contributed by atoms with E-state index in [4.69, 9.17) is 5.73 Å². The molecule has 6 heteroatoms. The molecule has 1 atom stereocenters. The molecule has 0 spiro atoms. The number of aromatic nitrogens is 3. The highest BCUT2D eigenvalue weighted by atomic mass is 16.1. The largest absolute Gasteiger partial charge is 0.364 e. The van der Waals surface area contributed by atoms with Crippen LogP contribution in [0.2, 0.25) is 0 Å². The van der Waals surface area contributed by atoms with Crippen molar-refractivity contribution in [3.05, 3.63) is 69.8 Å². The number of nitrogens with two attached hydrogens (primary N) is 1. The summed E-state index contributed by atoms with van der Waals surface area (Å²) in [5.74, 6) is -0.380. The van der Waals surface area contributed by atoms with Gasteiger partial charge in [0.1, 0.15) is 5.69 Å². The van der Waals surface area contributed by atoms with E-state index in [0.29, 0.717) is 17.8 Å². The minimum Gasteiger partial charge on any atom is -0.364 e. The highest BCUT2D eigenvalue weighted by molar-refractivity contribution is 5.91. The van der Waals surface area contributed by atoms with E-state index in [1.54, 1.807) is 0 Å². The Hall–Kier alpha value is -2.89. The fourth-order valence-corrected chi connectivity index (χ4v) is 2.48. The van der Waals surface area contributed by atoms with Crippen LogP contribution in [0.5, 0.6) is 0 Å². The highest BCUT2D eigenvalue weighted by Crippen LogP contribution is 2.18. The number of rotatable bonds is 4. The zero-order chi connectivity index (χ0) is 15.7. The summed E-state index contributed by atoms with van der Waals surface area (Å²) in [6.07, 6.45) is 0.646. The molecule has 22 heavy (non-hydrogen) atoms. The van der Waals surface area contributed by atoms with E-state index in [1.807, 2.05) is 18.2 Å². The first-order valence-electron chi connectivity index (χ1n) is 7.01. The molecule has 3 N–H and O–H groups in total. The quantitative estimate of drug-likeness (QED) is 0.763. The monoisotopic (exact) mass is 296 g/mol. The van der Waals surface area contributed by atoms with E-state index in [9.17, 15) is 9.59 Å². The van der Waals surface area contributed by atoms with Gasteiger partial charge in [0.05, 0.1) is 0 Å². The first-order chi connectivity index (χ1) is 10.5. The maximum absolute atomic E-state index is 12.1. The van der Waals surface area contributed by atoms with Crippen molar-refractivity contribution in [1.82, 2.24) is 14.6 Å². The second-order valence-electron chi connectivity index (χ2n) is 5.33. The number of aromatic amines is 1. The molecule has 1 aromatic carbocycles. The second-order valence-corrected chi connectivity index (χ2v) is 5.33. The van der Waals surface area contributed by atoms with Gasteiger partial charge in [-0.1, -0.05) is 37.3 Å². The molecule has 0 saturated heterocycles. The van der Waals surface area contributed by atoms with Crippen molar-refractivity contribution in [1.29, 1.82) is 0 Å². The van der Waals surface area contributed by atoms with Gasteiger partial charge in [-0.25, -0.2) is 9.50 Å². The van der Waals surface area contributed by atoms with Gasteiger partial charge in [0.2, 0.25) is 0 Å². The Labute approximate surface area is 126 Å². The molecule has 0 aliphatic rings. The topological polar surface area (TPSA) is 93.2 Å². The van der Waals surface area contributed by atoms with Crippen LogP contribution in [0.4, 0.5) is 0 Å². The molecule has 0 aliphatic carbocycles. The smallest absolute Gasteiger partial charge is 0.272 e. The number of carbonyl (C=O) groups is 1. The Kier molecular flexibility index (Phi) is 3.50. The van der Waals surface area contributed by atoms with E-state index >= 15 is 0 Å². The van der Waals surface area contributed by atoms with Gasteiger partial charge in [-0.2, -0.15) is 0 Å². The van der Waals surface area contributed by atoms with Crippen LogP contribution in [0.25, 0.3) is 5.65 Å². The zero-order valence-electron chi connectivity index (χ0n) is 12.1. The molecule has 0 radical (unpaired) electrons. The molecule has 0 aliphatic heterocycles. The van der Waals surface area contributed by atoms with Gasteiger partial charge in [0.25, 0.3) is 11.5 Å². The number of hydrogen-bond donors (Lipinski definition) is 2. The number of carbonyl (C=O) groups excluding carboxylic acids is 1. The number of hydrogen-bond acceptors (Lipinski definition) is 3. The first kappa shape index (κ1) is 14.1. The fraction of sp³-hybridized carbons (Fsp3) is 0.188. The van der Waals surface area contributed by atoms with Crippen LogP contribution < -0.4 is 11.3 Å². The Morgan fingerprint density at radius 2 is 2.05 bits per heavy atom. The molecule has 3 aromatic rings. The summed E-state index contributed by atoms with van der Waals surface area (Å²) in [5, 5.41) is 2.64. The maximum Gasteiger partial charge on any atom is 0.272 e. The predicted molar refractivity (Wildman–Crippen MR) is 82.9 cm³/mol. The van der Waals surface area contributed by atoms with Gasteiger partial charge in [-0.3, -0.25) is 14.7 Å². The van der Waals surface area contributed by atoms with Crippen LogP contribution in [0.1, 0.15) is 34.6 Å². The Bertz CT molecular complexity index is 880. The number of benzene rings is 1. The minimum atomic E-state index is -0.621. The van der Waals surface area contributed by atoms with Crippen LogP contribution in [0.3, 0.4) is 0 Å². The Morgan fingerprint density at radius 1 is 1.32 bits per heavy atom. The third kappa shape index (κ3) is 2.63. The fourth-order valence-electron chi connectivity index (χ4n) is 2.48. The van der Waals surface area contributed by atoms with Gasteiger partial charge in [-0.05, 0) is 17.9 Å². The number of fused-ring (bicyclic) bond motifs is 1. The van der Waals surface area contributed by atoms with Crippen LogP contribution in [0.15, 0.2) is 47.3 Å². The molecule has 112 valence electrons. The summed E-state index contributed by atoms with van der Waals surface area (Å²) in [4.78, 5) is 27.7. The van der Waals surface area contributed by atoms with Crippen molar-refractivity contribution in [2.45, 2.75) is 19.3 Å². The van der Waals surface area contributed by atoms with Crippen LogP contribution in [-0.4, -0.2) is 20.5 Å². The van der Waals surface area contributed by atoms with Crippen LogP contribution in [0, 0.1) is 0 Å². The molecule has 6 nitrogen and oxygen atoms in total. The van der Waals surface area contributed by atoms with E-state index in [0.717, 1.165) is 0 Å². The average molecular weight is 296 g/mol. The minimum absolute atomic E-state index is 0.165. The lowest BCUT2D eigenvalue weighted by Gasteiger charge is -2.11. The molecule has 1 amide bonds. The van der Waals surface area contributed by atoms with Gasteiger partial charge in [-0.15, -0.1) is 0 Å². The van der Waals surface area contributed by atoms with E-state index < -0.39 is 5.91 Å². The lowest BCUT2D eigenvalue weighted by atomic mass is 9.96. The number of amides is 1. The third-order valence-electron chi connectivity index (χ3n) is 3.65. The zero-order valence-corrected chi connectivity index (χ0v) is 12.1. The maximum atomic E-state index is 12.1. The standard InChI is InChI=1S/C16H16N4O2/c1-10(11-5-3-2-4-6-11)7-12-8-15(21)20-14(18-12)9-13(19-20)16(17)22/h2-6,8-10,19H,7H2,1H3,(H2,17,22). The Morgan fingerprint density at radius 3 is 2.73 bits per heavy atom. The summed E-state index contributed by atoms with van der Waals surface area (Å²) in [7, 11) is 0. The summed E-state index contributed by atoms with van der Waals surface area (Å²) >= 11 is 0. The lowest BCUT2D eigenvalue weighted by molar-refractivity contribution is 0.0995. The molecule has 3 rings (SSSR count). The number of primary amides is 1.